The van der Waals surface area contributed by atoms with E-state index in [4.69, 9.17) is 24.1 Å². The van der Waals surface area contributed by atoms with E-state index in [1.54, 1.807) is 18.2 Å². The molecular weight excluding hydrogens is 428 g/mol. The second-order valence-electron chi connectivity index (χ2n) is 7.31. The van der Waals surface area contributed by atoms with Crippen molar-refractivity contribution < 1.29 is 53.8 Å². The van der Waals surface area contributed by atoms with Gasteiger partial charge in [0.1, 0.15) is 54.5 Å². The minimum absolute atomic E-state index is 0.0293. The summed E-state index contributed by atoms with van der Waals surface area (Å²) in [7, 11) is 0. The van der Waals surface area contributed by atoms with Crippen LogP contribution in [-0.2, 0) is 23.8 Å². The Balaban J connectivity index is 1.77. The number of unbranched alkanes of at least 4 members (excludes halogenated alkanes) is 1. The fraction of sp³-hybridized carbons (Fsp3) is 0.476. The molecule has 2 aliphatic rings. The third-order valence-corrected chi connectivity index (χ3v) is 4.93. The number of aliphatic hydroxyl groups excluding tert-OH is 3. The highest BCUT2D eigenvalue weighted by atomic mass is 16.7. The number of cyclic esters (lactones) is 1. The number of carbonyl (C=O) groups excluding carboxylic acids is 2. The zero-order valence-corrected chi connectivity index (χ0v) is 17.2. The predicted octanol–water partition coefficient (Wildman–Crippen LogP) is 0.202. The Bertz CT molecular complexity index is 909. The van der Waals surface area contributed by atoms with E-state index in [-0.39, 0.29) is 11.3 Å². The van der Waals surface area contributed by atoms with Crippen molar-refractivity contribution in [2.75, 3.05) is 6.61 Å². The first-order valence-electron chi connectivity index (χ1n) is 10.0. The van der Waals surface area contributed by atoms with Gasteiger partial charge in [-0.1, -0.05) is 25.5 Å². The Hall–Kier alpha value is -2.99. The van der Waals surface area contributed by atoms with Crippen LogP contribution in [0.3, 0.4) is 0 Å². The molecule has 3 rings (SSSR count). The van der Waals surface area contributed by atoms with Gasteiger partial charge >= 0.3 is 17.9 Å². The molecule has 11 heteroatoms. The Labute approximate surface area is 182 Å². The molecule has 0 saturated carbocycles. The third kappa shape index (κ3) is 5.07. The number of aliphatic carboxylic acids is 1. The molecule has 2 heterocycles. The van der Waals surface area contributed by atoms with E-state index >= 15 is 0 Å². The van der Waals surface area contributed by atoms with Gasteiger partial charge in [0.15, 0.2) is 0 Å². The predicted molar refractivity (Wildman–Crippen MR) is 105 cm³/mol. The third-order valence-electron chi connectivity index (χ3n) is 4.93. The molecule has 1 fully saturated rings. The van der Waals surface area contributed by atoms with Crippen LogP contribution < -0.4 is 4.74 Å². The van der Waals surface area contributed by atoms with Crippen LogP contribution in [0.2, 0.25) is 0 Å². The number of rotatable bonds is 8. The molecule has 0 spiro atoms. The van der Waals surface area contributed by atoms with E-state index in [0.717, 1.165) is 6.42 Å². The number of esters is 2. The molecule has 0 aromatic heterocycles. The van der Waals surface area contributed by atoms with Gasteiger partial charge in [0.2, 0.25) is 6.29 Å². The highest BCUT2D eigenvalue weighted by Crippen LogP contribution is 2.37. The summed E-state index contributed by atoms with van der Waals surface area (Å²) < 4.78 is 21.1. The topological polar surface area (TPSA) is 169 Å². The molecular formula is C21H24O11. The molecule has 2 aliphatic heterocycles. The maximum absolute atomic E-state index is 12.4. The summed E-state index contributed by atoms with van der Waals surface area (Å²) in [6.07, 6.45) is -5.46. The van der Waals surface area contributed by atoms with E-state index in [9.17, 15) is 29.7 Å². The zero-order chi connectivity index (χ0) is 23.4. The molecule has 0 amide bonds. The summed E-state index contributed by atoms with van der Waals surface area (Å²) in [5, 5.41) is 39.2. The van der Waals surface area contributed by atoms with Crippen molar-refractivity contribution in [3.05, 3.63) is 35.4 Å². The SMILES string of the molecule is CCC/C=C1\OC(=O)c2c(O[C@@H]3O[C@H](COC(=O)CC(=O)O)[C@@H](O)[C@H](O)[C@H]3O)cccc21. The molecule has 0 radical (unpaired) electrons. The molecule has 32 heavy (non-hydrogen) atoms. The number of aliphatic hydroxyl groups is 3. The first-order chi connectivity index (χ1) is 15.2. The number of allylic oxidation sites excluding steroid dienone is 1. The lowest BCUT2D eigenvalue weighted by Gasteiger charge is -2.40. The number of fused-ring (bicyclic) bond motifs is 1. The lowest BCUT2D eigenvalue weighted by molar-refractivity contribution is -0.278. The highest BCUT2D eigenvalue weighted by Gasteiger charge is 2.46. The summed E-state index contributed by atoms with van der Waals surface area (Å²) in [6, 6.07) is 4.75. The number of ether oxygens (including phenoxy) is 4. The number of hydrogen-bond acceptors (Lipinski definition) is 10. The van der Waals surface area contributed by atoms with Crippen LogP contribution in [0.15, 0.2) is 24.3 Å². The Morgan fingerprint density at radius 3 is 2.59 bits per heavy atom. The van der Waals surface area contributed by atoms with Gasteiger partial charge in [-0.15, -0.1) is 0 Å². The normalized spacial score (nSPS) is 28.2. The van der Waals surface area contributed by atoms with Gasteiger partial charge in [-0.2, -0.15) is 0 Å². The molecule has 1 aromatic carbocycles. The molecule has 1 saturated heterocycles. The first-order valence-corrected chi connectivity index (χ1v) is 10.0. The zero-order valence-electron chi connectivity index (χ0n) is 17.2. The lowest BCUT2D eigenvalue weighted by atomic mass is 9.99. The standard InChI is InChI=1S/C21H24O11/c1-2-3-6-11-10-5-4-7-12(16(10)20(28)30-11)31-21-19(27)18(26)17(25)13(32-21)9-29-15(24)8-14(22)23/h4-7,13,17-19,21,25-27H,2-3,8-9H2,1H3,(H,22,23)/b11-6-/t13-,17-,18+,19-,21-/m1/s1. The van der Waals surface area contributed by atoms with E-state index < -0.39 is 61.6 Å². The maximum atomic E-state index is 12.4. The van der Waals surface area contributed by atoms with E-state index in [1.807, 2.05) is 6.92 Å². The van der Waals surface area contributed by atoms with Crippen molar-refractivity contribution in [2.24, 2.45) is 0 Å². The van der Waals surface area contributed by atoms with E-state index in [1.165, 1.54) is 6.07 Å². The van der Waals surface area contributed by atoms with Crippen molar-refractivity contribution in [3.63, 3.8) is 0 Å². The van der Waals surface area contributed by atoms with Gasteiger partial charge in [-0.3, -0.25) is 9.59 Å². The minimum atomic E-state index is -1.72. The molecule has 5 atom stereocenters. The summed E-state index contributed by atoms with van der Waals surface area (Å²) in [4.78, 5) is 34.4. The van der Waals surface area contributed by atoms with Crippen molar-refractivity contribution in [1.29, 1.82) is 0 Å². The molecule has 0 bridgehead atoms. The van der Waals surface area contributed by atoms with E-state index in [0.29, 0.717) is 17.7 Å². The van der Waals surface area contributed by atoms with Crippen molar-refractivity contribution in [2.45, 2.75) is 56.9 Å². The molecule has 0 aliphatic carbocycles. The molecule has 1 aromatic rings. The lowest BCUT2D eigenvalue weighted by Crippen LogP contribution is -2.60. The van der Waals surface area contributed by atoms with Crippen LogP contribution in [0.5, 0.6) is 5.75 Å². The quantitative estimate of drug-likeness (QED) is 0.314. The first kappa shape index (κ1) is 23.7. The summed E-state index contributed by atoms with van der Waals surface area (Å²) in [5.74, 6) is -2.69. The number of carboxylic acid groups (broad SMARTS) is 1. The molecule has 0 unspecified atom stereocenters. The van der Waals surface area contributed by atoms with Crippen LogP contribution in [0.4, 0.5) is 0 Å². The second-order valence-corrected chi connectivity index (χ2v) is 7.31. The number of carboxylic acids is 1. The van der Waals surface area contributed by atoms with Crippen LogP contribution in [0, 0.1) is 0 Å². The van der Waals surface area contributed by atoms with Gasteiger partial charge in [0, 0.05) is 5.56 Å². The van der Waals surface area contributed by atoms with Gasteiger partial charge in [0.05, 0.1) is 0 Å². The van der Waals surface area contributed by atoms with Gasteiger partial charge in [0.25, 0.3) is 0 Å². The van der Waals surface area contributed by atoms with Crippen molar-refractivity contribution >= 4 is 23.7 Å². The van der Waals surface area contributed by atoms with Crippen LogP contribution in [0.1, 0.15) is 42.1 Å². The average Bonchev–Trinajstić information content (AvgIpc) is 3.07. The number of carbonyl (C=O) groups is 3. The summed E-state index contributed by atoms with van der Waals surface area (Å²) >= 11 is 0. The largest absolute Gasteiger partial charge is 0.481 e. The molecule has 4 N–H and O–H groups in total. The van der Waals surface area contributed by atoms with Crippen molar-refractivity contribution in [3.8, 4) is 5.75 Å². The van der Waals surface area contributed by atoms with Crippen molar-refractivity contribution in [1.82, 2.24) is 0 Å². The summed E-state index contributed by atoms with van der Waals surface area (Å²) in [5.41, 5.74) is 0.627. The van der Waals surface area contributed by atoms with Crippen LogP contribution >= 0.6 is 0 Å². The fourth-order valence-electron chi connectivity index (χ4n) is 3.30. The fourth-order valence-corrected chi connectivity index (χ4v) is 3.30. The van der Waals surface area contributed by atoms with Gasteiger partial charge in [-0.05, 0) is 18.6 Å². The van der Waals surface area contributed by atoms with Gasteiger partial charge < -0.3 is 39.4 Å². The van der Waals surface area contributed by atoms with E-state index in [2.05, 4.69) is 0 Å². The second kappa shape index (κ2) is 10.1. The highest BCUT2D eigenvalue weighted by molar-refractivity contribution is 6.05. The van der Waals surface area contributed by atoms with Crippen LogP contribution in [-0.4, -0.2) is 75.6 Å². The number of benzene rings is 1. The Kier molecular flexibility index (Phi) is 7.46. The Morgan fingerprint density at radius 2 is 1.91 bits per heavy atom. The summed E-state index contributed by atoms with van der Waals surface area (Å²) in [6.45, 7) is 1.39. The van der Waals surface area contributed by atoms with Gasteiger partial charge in [-0.25, -0.2) is 4.79 Å². The Morgan fingerprint density at radius 1 is 1.16 bits per heavy atom. The number of hydrogen-bond donors (Lipinski definition) is 4. The minimum Gasteiger partial charge on any atom is -0.481 e. The monoisotopic (exact) mass is 452 g/mol. The average molecular weight is 452 g/mol. The van der Waals surface area contributed by atoms with Crippen LogP contribution in [0.25, 0.3) is 5.76 Å². The smallest absolute Gasteiger partial charge is 0.348 e. The molecule has 174 valence electrons. The maximum Gasteiger partial charge on any atom is 0.348 e. The molecule has 11 nitrogen and oxygen atoms in total.